The Labute approximate surface area is 138 Å². The minimum absolute atomic E-state index is 0.258. The van der Waals surface area contributed by atoms with Crippen molar-refractivity contribution >= 4 is 33.7 Å². The Balaban J connectivity index is 1.77. The normalized spacial score (nSPS) is 11.4. The first kappa shape index (κ1) is 14.3. The van der Waals surface area contributed by atoms with Gasteiger partial charge >= 0.3 is 0 Å². The maximum absolute atomic E-state index is 13.0. The smallest absolute Gasteiger partial charge is 0.123 e. The molecule has 1 aromatic heterocycles. The van der Waals surface area contributed by atoms with E-state index in [0.29, 0.717) is 0 Å². The SMILES string of the molecule is Fc1ccc(/C=N/Nc2c3ccccc3nc3ccccc23)cc1. The third kappa shape index (κ3) is 2.70. The highest BCUT2D eigenvalue weighted by Gasteiger charge is 2.07. The van der Waals surface area contributed by atoms with Crippen molar-refractivity contribution in [3.05, 3.63) is 84.2 Å². The van der Waals surface area contributed by atoms with Crippen LogP contribution in [0.2, 0.25) is 0 Å². The Morgan fingerprint density at radius 1 is 0.792 bits per heavy atom. The number of hydrazone groups is 1. The molecular weight excluding hydrogens is 301 g/mol. The van der Waals surface area contributed by atoms with Gasteiger partial charge in [0, 0.05) is 10.8 Å². The second kappa shape index (κ2) is 6.08. The molecule has 0 unspecified atom stereocenters. The molecule has 3 aromatic carbocycles. The maximum Gasteiger partial charge on any atom is 0.123 e. The first-order chi connectivity index (χ1) is 11.8. The van der Waals surface area contributed by atoms with Crippen molar-refractivity contribution in [3.8, 4) is 0 Å². The number of fused-ring (bicyclic) bond motifs is 2. The molecule has 0 atom stereocenters. The fourth-order valence-electron chi connectivity index (χ4n) is 2.68. The topological polar surface area (TPSA) is 37.3 Å². The molecular formula is C20H14FN3. The van der Waals surface area contributed by atoms with Crippen LogP contribution in [0.3, 0.4) is 0 Å². The van der Waals surface area contributed by atoms with Gasteiger partial charge in [-0.15, -0.1) is 0 Å². The summed E-state index contributed by atoms with van der Waals surface area (Å²) in [5.41, 5.74) is 6.69. The van der Waals surface area contributed by atoms with Gasteiger partial charge < -0.3 is 0 Å². The summed E-state index contributed by atoms with van der Waals surface area (Å²) in [5.74, 6) is -0.258. The highest BCUT2D eigenvalue weighted by molar-refractivity contribution is 6.07. The van der Waals surface area contributed by atoms with Crippen LogP contribution in [0, 0.1) is 5.82 Å². The van der Waals surface area contributed by atoms with E-state index in [0.717, 1.165) is 33.1 Å². The molecule has 3 nitrogen and oxygen atoms in total. The number of aromatic nitrogens is 1. The lowest BCUT2D eigenvalue weighted by Crippen LogP contribution is -1.95. The lowest BCUT2D eigenvalue weighted by molar-refractivity contribution is 0.628. The van der Waals surface area contributed by atoms with Crippen molar-refractivity contribution in [2.75, 3.05) is 5.43 Å². The van der Waals surface area contributed by atoms with Crippen LogP contribution < -0.4 is 5.43 Å². The Kier molecular flexibility index (Phi) is 3.63. The van der Waals surface area contributed by atoms with Crippen LogP contribution in [0.4, 0.5) is 10.1 Å². The predicted molar refractivity (Wildman–Crippen MR) is 96.9 cm³/mol. The average Bonchev–Trinajstić information content (AvgIpc) is 2.63. The molecule has 0 saturated carbocycles. The van der Waals surface area contributed by atoms with E-state index in [-0.39, 0.29) is 5.82 Å². The number of benzene rings is 3. The zero-order valence-electron chi connectivity index (χ0n) is 12.8. The molecule has 116 valence electrons. The molecule has 0 aliphatic rings. The van der Waals surface area contributed by atoms with Crippen LogP contribution in [-0.2, 0) is 0 Å². The number of para-hydroxylation sites is 2. The van der Waals surface area contributed by atoms with E-state index in [1.54, 1.807) is 18.3 Å². The molecule has 1 N–H and O–H groups in total. The molecule has 24 heavy (non-hydrogen) atoms. The van der Waals surface area contributed by atoms with Gasteiger partial charge in [0.2, 0.25) is 0 Å². The van der Waals surface area contributed by atoms with Crippen molar-refractivity contribution in [2.24, 2.45) is 5.10 Å². The van der Waals surface area contributed by atoms with Crippen LogP contribution in [0.1, 0.15) is 5.56 Å². The second-order valence-electron chi connectivity index (χ2n) is 5.44. The van der Waals surface area contributed by atoms with Gasteiger partial charge in [0.05, 0.1) is 22.9 Å². The predicted octanol–water partition coefficient (Wildman–Crippen LogP) is 4.97. The summed E-state index contributed by atoms with van der Waals surface area (Å²) in [5, 5.41) is 6.33. The number of nitrogens with zero attached hydrogens (tertiary/aromatic N) is 2. The Bertz CT molecular complexity index is 986. The van der Waals surface area contributed by atoms with Crippen molar-refractivity contribution in [3.63, 3.8) is 0 Å². The number of halogens is 1. The maximum atomic E-state index is 13.0. The number of nitrogens with one attached hydrogen (secondary N) is 1. The molecule has 4 heteroatoms. The number of pyridine rings is 1. The molecule has 1 heterocycles. The number of rotatable bonds is 3. The summed E-state index contributed by atoms with van der Waals surface area (Å²) >= 11 is 0. The highest BCUT2D eigenvalue weighted by atomic mass is 19.1. The first-order valence-corrected chi connectivity index (χ1v) is 7.63. The van der Waals surface area contributed by atoms with Gasteiger partial charge in [0.25, 0.3) is 0 Å². The van der Waals surface area contributed by atoms with Crippen LogP contribution in [0.5, 0.6) is 0 Å². The molecule has 4 aromatic rings. The van der Waals surface area contributed by atoms with Gasteiger partial charge in [-0.25, -0.2) is 9.37 Å². The van der Waals surface area contributed by atoms with E-state index in [1.807, 2.05) is 48.5 Å². The lowest BCUT2D eigenvalue weighted by Gasteiger charge is -2.09. The quantitative estimate of drug-likeness (QED) is 0.329. The minimum atomic E-state index is -0.258. The molecule has 0 spiro atoms. The Morgan fingerprint density at radius 3 is 2.00 bits per heavy atom. The van der Waals surface area contributed by atoms with Crippen molar-refractivity contribution in [1.82, 2.24) is 4.98 Å². The van der Waals surface area contributed by atoms with E-state index in [1.165, 1.54) is 12.1 Å². The molecule has 0 fully saturated rings. The third-order valence-corrected chi connectivity index (χ3v) is 3.85. The standard InChI is InChI=1S/C20H14FN3/c21-15-11-9-14(10-12-15)13-22-24-20-16-5-1-3-7-18(16)23-19-8-4-2-6-17(19)20/h1-13H,(H,23,24)/b22-13+. The van der Waals surface area contributed by atoms with Gasteiger partial charge in [0.15, 0.2) is 0 Å². The molecule has 0 aliphatic heterocycles. The summed E-state index contributed by atoms with van der Waals surface area (Å²) in [6.45, 7) is 0. The monoisotopic (exact) mass is 315 g/mol. The van der Waals surface area contributed by atoms with Gasteiger partial charge in [-0.1, -0.05) is 48.5 Å². The van der Waals surface area contributed by atoms with Gasteiger partial charge in [0.1, 0.15) is 5.82 Å². The van der Waals surface area contributed by atoms with E-state index in [2.05, 4.69) is 15.5 Å². The van der Waals surface area contributed by atoms with Crippen molar-refractivity contribution < 1.29 is 4.39 Å². The Hall–Kier alpha value is -3.27. The molecule has 0 aliphatic carbocycles. The summed E-state index contributed by atoms with van der Waals surface area (Å²) < 4.78 is 13.0. The highest BCUT2D eigenvalue weighted by Crippen LogP contribution is 2.30. The second-order valence-corrected chi connectivity index (χ2v) is 5.44. The summed E-state index contributed by atoms with van der Waals surface area (Å²) in [6.07, 6.45) is 1.67. The zero-order valence-corrected chi connectivity index (χ0v) is 12.8. The Morgan fingerprint density at radius 2 is 1.38 bits per heavy atom. The molecule has 0 saturated heterocycles. The molecule has 4 rings (SSSR count). The molecule has 0 amide bonds. The van der Waals surface area contributed by atoms with Crippen LogP contribution in [0.25, 0.3) is 21.8 Å². The van der Waals surface area contributed by atoms with E-state index >= 15 is 0 Å². The summed E-state index contributed by atoms with van der Waals surface area (Å²) in [7, 11) is 0. The fourth-order valence-corrected chi connectivity index (χ4v) is 2.68. The van der Waals surface area contributed by atoms with Gasteiger partial charge in [-0.3, -0.25) is 5.43 Å². The average molecular weight is 315 g/mol. The van der Waals surface area contributed by atoms with E-state index < -0.39 is 0 Å². The number of hydrogen-bond acceptors (Lipinski definition) is 3. The van der Waals surface area contributed by atoms with Crippen LogP contribution in [0.15, 0.2) is 77.9 Å². The summed E-state index contributed by atoms with van der Waals surface area (Å²) in [4.78, 5) is 4.68. The minimum Gasteiger partial charge on any atom is -0.277 e. The third-order valence-electron chi connectivity index (χ3n) is 3.85. The molecule has 0 bridgehead atoms. The van der Waals surface area contributed by atoms with Crippen LogP contribution >= 0.6 is 0 Å². The van der Waals surface area contributed by atoms with Gasteiger partial charge in [-0.2, -0.15) is 5.10 Å². The fraction of sp³-hybridized carbons (Fsp3) is 0. The van der Waals surface area contributed by atoms with Crippen molar-refractivity contribution in [1.29, 1.82) is 0 Å². The molecule has 0 radical (unpaired) electrons. The van der Waals surface area contributed by atoms with Gasteiger partial charge in [-0.05, 0) is 29.8 Å². The zero-order chi connectivity index (χ0) is 16.4. The summed E-state index contributed by atoms with van der Waals surface area (Å²) in [6, 6.07) is 22.1. The van der Waals surface area contributed by atoms with E-state index in [9.17, 15) is 4.39 Å². The van der Waals surface area contributed by atoms with Crippen molar-refractivity contribution in [2.45, 2.75) is 0 Å². The van der Waals surface area contributed by atoms with E-state index in [4.69, 9.17) is 0 Å². The van der Waals surface area contributed by atoms with Crippen LogP contribution in [-0.4, -0.2) is 11.2 Å². The number of anilines is 1. The first-order valence-electron chi connectivity index (χ1n) is 7.63. The number of hydrogen-bond donors (Lipinski definition) is 1. The largest absolute Gasteiger partial charge is 0.277 e. The lowest BCUT2D eigenvalue weighted by atomic mass is 10.1.